The van der Waals surface area contributed by atoms with E-state index < -0.39 is 23.7 Å². The summed E-state index contributed by atoms with van der Waals surface area (Å²) in [6.45, 7) is 0. The molecule has 2 rings (SSSR count). The molecule has 1 amide bonds. The highest BCUT2D eigenvalue weighted by Gasteiger charge is 2.24. The van der Waals surface area contributed by atoms with E-state index in [0.717, 1.165) is 11.6 Å². The van der Waals surface area contributed by atoms with Crippen LogP contribution in [0.2, 0.25) is 5.02 Å². The van der Waals surface area contributed by atoms with Crippen LogP contribution in [0.15, 0.2) is 48.5 Å². The van der Waals surface area contributed by atoms with E-state index in [0.29, 0.717) is 0 Å². The molecule has 0 saturated carbocycles. The lowest BCUT2D eigenvalue weighted by Gasteiger charge is -2.15. The average molecular weight is 322 g/mol. The molecule has 0 heterocycles. The minimum absolute atomic E-state index is 0.0682. The number of carboxylic acid groups (broad SMARTS) is 1. The van der Waals surface area contributed by atoms with E-state index in [2.05, 4.69) is 5.32 Å². The molecule has 22 heavy (non-hydrogen) atoms. The zero-order valence-corrected chi connectivity index (χ0v) is 12.2. The van der Waals surface area contributed by atoms with Crippen molar-refractivity contribution >= 4 is 23.5 Å². The van der Waals surface area contributed by atoms with Gasteiger partial charge in [0.2, 0.25) is 0 Å². The van der Waals surface area contributed by atoms with Crippen LogP contribution in [0.5, 0.6) is 0 Å². The van der Waals surface area contributed by atoms with Crippen LogP contribution in [0.25, 0.3) is 0 Å². The van der Waals surface area contributed by atoms with Crippen molar-refractivity contribution in [1.82, 2.24) is 5.32 Å². The van der Waals surface area contributed by atoms with Crippen molar-refractivity contribution in [1.29, 1.82) is 0 Å². The highest BCUT2D eigenvalue weighted by atomic mass is 35.5. The van der Waals surface area contributed by atoms with Crippen LogP contribution in [0.1, 0.15) is 15.9 Å². The Kier molecular flexibility index (Phi) is 5.12. The molecule has 0 fully saturated rings. The van der Waals surface area contributed by atoms with Gasteiger partial charge in [-0.25, -0.2) is 9.18 Å². The third-order valence-electron chi connectivity index (χ3n) is 3.08. The van der Waals surface area contributed by atoms with Crippen LogP contribution >= 0.6 is 11.6 Å². The van der Waals surface area contributed by atoms with Crippen LogP contribution in [0.4, 0.5) is 4.39 Å². The molecule has 114 valence electrons. The normalized spacial score (nSPS) is 11.7. The number of halogens is 2. The molecule has 2 aromatic rings. The van der Waals surface area contributed by atoms with Gasteiger partial charge in [-0.15, -0.1) is 0 Å². The van der Waals surface area contributed by atoms with E-state index >= 15 is 0 Å². The Morgan fingerprint density at radius 2 is 1.82 bits per heavy atom. The van der Waals surface area contributed by atoms with Crippen LogP contribution in [0.3, 0.4) is 0 Å². The second-order valence-corrected chi connectivity index (χ2v) is 5.06. The van der Waals surface area contributed by atoms with Crippen LogP contribution in [0, 0.1) is 5.82 Å². The maximum Gasteiger partial charge on any atom is 0.326 e. The molecule has 0 radical (unpaired) electrons. The van der Waals surface area contributed by atoms with E-state index in [1.165, 1.54) is 12.1 Å². The van der Waals surface area contributed by atoms with E-state index in [1.54, 1.807) is 30.3 Å². The van der Waals surface area contributed by atoms with Crippen molar-refractivity contribution in [2.24, 2.45) is 0 Å². The van der Waals surface area contributed by atoms with Crippen molar-refractivity contribution in [3.8, 4) is 0 Å². The summed E-state index contributed by atoms with van der Waals surface area (Å²) in [4.78, 5) is 23.4. The Hall–Kier alpha value is -2.40. The number of hydrogen-bond donors (Lipinski definition) is 2. The van der Waals surface area contributed by atoms with Gasteiger partial charge in [0.05, 0.1) is 10.6 Å². The number of aliphatic carboxylic acids is 1. The number of hydrogen-bond acceptors (Lipinski definition) is 2. The zero-order chi connectivity index (χ0) is 16.1. The molecule has 0 aliphatic heterocycles. The molecule has 0 aliphatic carbocycles. The number of carbonyl (C=O) groups is 2. The summed E-state index contributed by atoms with van der Waals surface area (Å²) in [5.41, 5.74) is 0.387. The lowest BCUT2D eigenvalue weighted by molar-refractivity contribution is -0.139. The summed E-state index contributed by atoms with van der Waals surface area (Å²) in [6.07, 6.45) is 0.0913. The fraction of sp³-hybridized carbons (Fsp3) is 0.125. The highest BCUT2D eigenvalue weighted by molar-refractivity contribution is 6.33. The van der Waals surface area contributed by atoms with Crippen molar-refractivity contribution < 1.29 is 19.1 Å². The Balaban J connectivity index is 2.18. The smallest absolute Gasteiger partial charge is 0.326 e. The topological polar surface area (TPSA) is 66.4 Å². The first-order chi connectivity index (χ1) is 10.5. The Bertz CT molecular complexity index is 671. The second kappa shape index (κ2) is 7.04. The molecule has 0 spiro atoms. The van der Waals surface area contributed by atoms with Gasteiger partial charge in [-0.2, -0.15) is 0 Å². The molecule has 2 aromatic carbocycles. The summed E-state index contributed by atoms with van der Waals surface area (Å²) in [5.74, 6) is -2.86. The summed E-state index contributed by atoms with van der Waals surface area (Å²) in [7, 11) is 0. The summed E-state index contributed by atoms with van der Waals surface area (Å²) < 4.78 is 13.7. The van der Waals surface area contributed by atoms with E-state index in [4.69, 9.17) is 11.6 Å². The van der Waals surface area contributed by atoms with Crippen LogP contribution in [-0.2, 0) is 11.2 Å². The molecule has 4 nitrogen and oxygen atoms in total. The quantitative estimate of drug-likeness (QED) is 0.890. The highest BCUT2D eigenvalue weighted by Crippen LogP contribution is 2.19. The lowest BCUT2D eigenvalue weighted by atomic mass is 10.1. The standard InChI is InChI=1S/C16H13ClFNO3/c17-11-7-4-8-12(18)14(11)15(20)19-13(16(21)22)9-10-5-2-1-3-6-10/h1-8,13H,9H2,(H,19,20)(H,21,22)/t13-/m1/s1. The average Bonchev–Trinajstić information content (AvgIpc) is 2.47. The van der Waals surface area contributed by atoms with Crippen molar-refractivity contribution in [2.75, 3.05) is 0 Å². The summed E-state index contributed by atoms with van der Waals surface area (Å²) in [5, 5.41) is 11.5. The zero-order valence-electron chi connectivity index (χ0n) is 11.4. The van der Waals surface area contributed by atoms with E-state index in [1.807, 2.05) is 0 Å². The predicted molar refractivity (Wildman–Crippen MR) is 80.4 cm³/mol. The first kappa shape index (κ1) is 16.0. The monoisotopic (exact) mass is 321 g/mol. The molecule has 0 aromatic heterocycles. The number of amides is 1. The van der Waals surface area contributed by atoms with Crippen molar-refractivity contribution in [3.05, 3.63) is 70.5 Å². The minimum Gasteiger partial charge on any atom is -0.480 e. The molecular weight excluding hydrogens is 309 g/mol. The molecule has 0 bridgehead atoms. The molecule has 6 heteroatoms. The fourth-order valence-corrected chi connectivity index (χ4v) is 2.24. The Labute approximate surface area is 131 Å². The van der Waals surface area contributed by atoms with Crippen LogP contribution in [-0.4, -0.2) is 23.0 Å². The Morgan fingerprint density at radius 3 is 2.41 bits per heavy atom. The van der Waals surface area contributed by atoms with Gasteiger partial charge in [-0.05, 0) is 17.7 Å². The van der Waals surface area contributed by atoms with Gasteiger partial charge in [0, 0.05) is 6.42 Å². The van der Waals surface area contributed by atoms with Gasteiger partial charge >= 0.3 is 5.97 Å². The predicted octanol–water partition coefficient (Wildman–Crippen LogP) is 2.90. The lowest BCUT2D eigenvalue weighted by Crippen LogP contribution is -2.42. The number of carbonyl (C=O) groups excluding carboxylic acids is 1. The Morgan fingerprint density at radius 1 is 1.14 bits per heavy atom. The third-order valence-corrected chi connectivity index (χ3v) is 3.39. The summed E-state index contributed by atoms with van der Waals surface area (Å²) in [6, 6.07) is 11.5. The number of benzene rings is 2. The van der Waals surface area contributed by atoms with E-state index in [-0.39, 0.29) is 17.0 Å². The number of nitrogens with one attached hydrogen (secondary N) is 1. The van der Waals surface area contributed by atoms with Crippen molar-refractivity contribution in [3.63, 3.8) is 0 Å². The molecule has 1 atom stereocenters. The first-order valence-electron chi connectivity index (χ1n) is 6.50. The van der Waals surface area contributed by atoms with Gasteiger partial charge in [0.1, 0.15) is 11.9 Å². The molecular formula is C16H13ClFNO3. The third kappa shape index (κ3) is 3.83. The fourth-order valence-electron chi connectivity index (χ4n) is 2.00. The second-order valence-electron chi connectivity index (χ2n) is 4.65. The molecule has 0 aliphatic rings. The van der Waals surface area contributed by atoms with Gasteiger partial charge in [-0.1, -0.05) is 48.0 Å². The first-order valence-corrected chi connectivity index (χ1v) is 6.88. The molecule has 0 saturated heterocycles. The van der Waals surface area contributed by atoms with Crippen molar-refractivity contribution in [2.45, 2.75) is 12.5 Å². The number of rotatable bonds is 5. The van der Waals surface area contributed by atoms with E-state index in [9.17, 15) is 19.1 Å². The minimum atomic E-state index is -1.20. The largest absolute Gasteiger partial charge is 0.480 e. The maximum absolute atomic E-state index is 13.7. The molecule has 2 N–H and O–H groups in total. The summed E-state index contributed by atoms with van der Waals surface area (Å²) >= 11 is 5.80. The SMILES string of the molecule is O=C(N[C@H](Cc1ccccc1)C(=O)O)c1c(F)cccc1Cl. The van der Waals surface area contributed by atoms with Gasteiger partial charge in [-0.3, -0.25) is 4.79 Å². The molecule has 0 unspecified atom stereocenters. The van der Waals surface area contributed by atoms with Gasteiger partial charge < -0.3 is 10.4 Å². The number of carboxylic acids is 1. The maximum atomic E-state index is 13.7. The van der Waals surface area contributed by atoms with Gasteiger partial charge in [0.25, 0.3) is 5.91 Å². The van der Waals surface area contributed by atoms with Gasteiger partial charge in [0.15, 0.2) is 0 Å². The van der Waals surface area contributed by atoms with Crippen LogP contribution < -0.4 is 5.32 Å².